The van der Waals surface area contributed by atoms with E-state index >= 15 is 0 Å². The highest BCUT2D eigenvalue weighted by Gasteiger charge is 2.11. The van der Waals surface area contributed by atoms with Gasteiger partial charge in [-0.15, -0.1) is 0 Å². The molecule has 0 aliphatic rings. The van der Waals surface area contributed by atoms with Crippen LogP contribution >= 0.6 is 0 Å². The van der Waals surface area contributed by atoms with Crippen LogP contribution in [0.15, 0.2) is 0 Å². The Morgan fingerprint density at radius 2 is 1.67 bits per heavy atom. The molecular formula is C6H20N6. The summed E-state index contributed by atoms with van der Waals surface area (Å²) in [6, 6.07) is 0.157. The normalized spacial score (nSPS) is 14.2. The highest BCUT2D eigenvalue weighted by molar-refractivity contribution is 4.63. The van der Waals surface area contributed by atoms with Gasteiger partial charge in [0, 0.05) is 12.6 Å². The molecule has 0 aliphatic heterocycles. The maximum Gasteiger partial charge on any atom is 0.0408 e. The zero-order chi connectivity index (χ0) is 9.56. The summed E-state index contributed by atoms with van der Waals surface area (Å²) in [6.07, 6.45) is 2.79. The molecule has 0 fully saturated rings. The maximum atomic E-state index is 5.42. The van der Waals surface area contributed by atoms with E-state index in [4.69, 9.17) is 23.4 Å². The predicted molar refractivity (Wildman–Crippen MR) is 48.6 cm³/mol. The summed E-state index contributed by atoms with van der Waals surface area (Å²) in [5.74, 6) is 21.3. The quantitative estimate of drug-likeness (QED) is 0.294. The number of nitrogens with two attached hydrogens (primary N) is 4. The van der Waals surface area contributed by atoms with E-state index in [1.165, 1.54) is 5.12 Å². The van der Waals surface area contributed by atoms with Crippen molar-refractivity contribution < 1.29 is 0 Å². The van der Waals surface area contributed by atoms with Crippen molar-refractivity contribution in [1.82, 2.24) is 10.2 Å². The van der Waals surface area contributed by atoms with Crippen molar-refractivity contribution in [2.75, 3.05) is 6.54 Å². The van der Waals surface area contributed by atoms with Gasteiger partial charge in [0.25, 0.3) is 0 Å². The first-order valence-corrected chi connectivity index (χ1v) is 4.13. The average Bonchev–Trinajstić information content (AvgIpc) is 1.96. The zero-order valence-corrected chi connectivity index (χ0v) is 7.61. The van der Waals surface area contributed by atoms with E-state index in [1.54, 1.807) is 0 Å². The standard InChI is InChI=1S/C6H20N6/c1-2-3-6(12(9)10)4-5-11(7)8/h6H,2-5,7-10H2,1H3. The van der Waals surface area contributed by atoms with E-state index in [2.05, 4.69) is 6.92 Å². The molecule has 6 heteroatoms. The lowest BCUT2D eigenvalue weighted by atomic mass is 10.1. The van der Waals surface area contributed by atoms with Gasteiger partial charge >= 0.3 is 0 Å². The number of hydrogen-bond donors (Lipinski definition) is 4. The second-order valence-corrected chi connectivity index (χ2v) is 2.92. The minimum Gasteiger partial charge on any atom is -0.255 e. The number of hydrazine groups is 4. The smallest absolute Gasteiger partial charge is 0.0408 e. The number of hydrogen-bond acceptors (Lipinski definition) is 6. The van der Waals surface area contributed by atoms with Crippen LogP contribution in [-0.4, -0.2) is 22.8 Å². The van der Waals surface area contributed by atoms with Gasteiger partial charge in [0.1, 0.15) is 0 Å². The van der Waals surface area contributed by atoms with Gasteiger partial charge in [-0.3, -0.25) is 23.4 Å². The van der Waals surface area contributed by atoms with Crippen LogP contribution in [0.4, 0.5) is 0 Å². The fourth-order valence-corrected chi connectivity index (χ4v) is 1.07. The van der Waals surface area contributed by atoms with Crippen LogP contribution in [0.1, 0.15) is 26.2 Å². The Hall–Kier alpha value is -0.240. The van der Waals surface area contributed by atoms with E-state index in [0.29, 0.717) is 6.54 Å². The maximum absolute atomic E-state index is 5.42. The molecule has 1 atom stereocenters. The average molecular weight is 176 g/mol. The molecule has 0 radical (unpaired) electrons. The molecule has 0 aromatic carbocycles. The van der Waals surface area contributed by atoms with E-state index in [1.807, 2.05) is 0 Å². The minimum atomic E-state index is 0.157. The van der Waals surface area contributed by atoms with E-state index in [0.717, 1.165) is 24.4 Å². The van der Waals surface area contributed by atoms with Crippen LogP contribution in [-0.2, 0) is 0 Å². The van der Waals surface area contributed by atoms with Gasteiger partial charge in [-0.2, -0.15) is 10.2 Å². The Morgan fingerprint density at radius 1 is 1.08 bits per heavy atom. The summed E-state index contributed by atoms with van der Waals surface area (Å²) >= 11 is 0. The second kappa shape index (κ2) is 6.30. The van der Waals surface area contributed by atoms with Gasteiger partial charge in [0.15, 0.2) is 0 Å². The Balaban J connectivity index is 3.63. The van der Waals surface area contributed by atoms with Crippen molar-refractivity contribution in [1.29, 1.82) is 0 Å². The Labute approximate surface area is 73.3 Å². The summed E-state index contributed by atoms with van der Waals surface area (Å²) in [4.78, 5) is 0. The highest BCUT2D eigenvalue weighted by atomic mass is 15.6. The Kier molecular flexibility index (Phi) is 6.17. The third-order valence-electron chi connectivity index (χ3n) is 1.76. The number of rotatable bonds is 6. The van der Waals surface area contributed by atoms with Crippen molar-refractivity contribution in [2.45, 2.75) is 32.2 Å². The van der Waals surface area contributed by atoms with Crippen molar-refractivity contribution >= 4 is 0 Å². The summed E-state index contributed by atoms with van der Waals surface area (Å²) in [6.45, 7) is 2.68. The molecule has 1 unspecified atom stereocenters. The molecule has 0 aromatic heterocycles. The lowest BCUT2D eigenvalue weighted by molar-refractivity contribution is 0.159. The van der Waals surface area contributed by atoms with Crippen LogP contribution in [0, 0.1) is 0 Å². The third kappa shape index (κ3) is 5.42. The fourth-order valence-electron chi connectivity index (χ4n) is 1.07. The minimum absolute atomic E-state index is 0.157. The van der Waals surface area contributed by atoms with Gasteiger partial charge in [0.05, 0.1) is 0 Å². The molecule has 8 N–H and O–H groups in total. The van der Waals surface area contributed by atoms with Crippen LogP contribution in [0.2, 0.25) is 0 Å². The first kappa shape index (κ1) is 11.8. The van der Waals surface area contributed by atoms with Gasteiger partial charge < -0.3 is 0 Å². The Bertz CT molecular complexity index is 104. The SMILES string of the molecule is CCCC(CCN(N)N)N(N)N. The lowest BCUT2D eigenvalue weighted by Gasteiger charge is -2.23. The molecule has 0 spiro atoms. The molecule has 0 aliphatic carbocycles. The van der Waals surface area contributed by atoms with Gasteiger partial charge in [0.2, 0.25) is 0 Å². The predicted octanol–water partition coefficient (Wildman–Crippen LogP) is -1.36. The van der Waals surface area contributed by atoms with Crippen molar-refractivity contribution in [3.63, 3.8) is 0 Å². The Morgan fingerprint density at radius 3 is 2.00 bits per heavy atom. The van der Waals surface area contributed by atoms with Gasteiger partial charge in [-0.05, 0) is 12.8 Å². The van der Waals surface area contributed by atoms with Gasteiger partial charge in [-0.1, -0.05) is 13.3 Å². The first-order valence-electron chi connectivity index (χ1n) is 4.13. The number of nitrogens with zero attached hydrogens (tertiary/aromatic N) is 2. The monoisotopic (exact) mass is 176 g/mol. The molecule has 0 heterocycles. The van der Waals surface area contributed by atoms with Crippen LogP contribution < -0.4 is 23.4 Å². The summed E-state index contributed by atoms with van der Waals surface area (Å²) in [5, 5.41) is 2.37. The molecule has 6 nitrogen and oxygen atoms in total. The topological polar surface area (TPSA) is 111 Å². The molecule has 0 saturated heterocycles. The first-order chi connectivity index (χ1) is 5.57. The molecule has 0 saturated carbocycles. The van der Waals surface area contributed by atoms with Crippen LogP contribution in [0.25, 0.3) is 0 Å². The fraction of sp³-hybridized carbons (Fsp3) is 1.00. The molecule has 0 aromatic rings. The lowest BCUT2D eigenvalue weighted by Crippen LogP contribution is -2.49. The van der Waals surface area contributed by atoms with Crippen molar-refractivity contribution in [3.05, 3.63) is 0 Å². The van der Waals surface area contributed by atoms with E-state index in [-0.39, 0.29) is 6.04 Å². The zero-order valence-electron chi connectivity index (χ0n) is 7.61. The van der Waals surface area contributed by atoms with Crippen LogP contribution in [0.5, 0.6) is 0 Å². The van der Waals surface area contributed by atoms with E-state index in [9.17, 15) is 0 Å². The molecule has 12 heavy (non-hydrogen) atoms. The molecule has 0 rings (SSSR count). The molecule has 74 valence electrons. The molecule has 0 amide bonds. The largest absolute Gasteiger partial charge is 0.255 e. The molecular weight excluding hydrogens is 156 g/mol. The summed E-state index contributed by atoms with van der Waals surface area (Å²) in [7, 11) is 0. The van der Waals surface area contributed by atoms with E-state index < -0.39 is 0 Å². The van der Waals surface area contributed by atoms with Crippen LogP contribution in [0.3, 0.4) is 0 Å². The van der Waals surface area contributed by atoms with Crippen molar-refractivity contribution in [3.8, 4) is 0 Å². The summed E-state index contributed by atoms with van der Waals surface area (Å²) in [5.41, 5.74) is 0. The molecule has 0 bridgehead atoms. The van der Waals surface area contributed by atoms with Gasteiger partial charge in [-0.25, -0.2) is 0 Å². The van der Waals surface area contributed by atoms with Crippen molar-refractivity contribution in [2.24, 2.45) is 23.4 Å². The highest BCUT2D eigenvalue weighted by Crippen LogP contribution is 2.04. The third-order valence-corrected chi connectivity index (χ3v) is 1.76. The second-order valence-electron chi connectivity index (χ2n) is 2.92. The summed E-state index contributed by atoms with van der Waals surface area (Å²) < 4.78 is 0.